The van der Waals surface area contributed by atoms with E-state index in [9.17, 15) is 53.4 Å². The molecule has 0 unspecified atom stereocenters. The summed E-state index contributed by atoms with van der Waals surface area (Å²) in [7, 11) is 0. The molecule has 1 amide bonds. The number of nitrogens with zero attached hydrogens (tertiary/aromatic N) is 1. The highest BCUT2D eigenvalue weighted by molar-refractivity contribution is 6.26. The molecule has 19 heteroatoms. The number of unbranched alkanes of at least 4 members (excludes halogenated alkanes) is 1. The number of nitrogens with one attached hydrogen (secondary N) is 1. The number of Topliss-reactive ketones (excluding diaryl/α,β-unsaturated/α-hetero) is 2. The molecule has 0 heterocycles. The van der Waals surface area contributed by atoms with Crippen LogP contribution in [0.25, 0.3) is 5.57 Å². The molecule has 0 spiro atoms. The molecule has 452 valence electrons. The van der Waals surface area contributed by atoms with Gasteiger partial charge in [-0.2, -0.15) is 0 Å². The van der Waals surface area contributed by atoms with Crippen LogP contribution in [0.5, 0.6) is 5.75 Å². The molecule has 0 bridgehead atoms. The number of carbonyl (C=O) groups is 9. The van der Waals surface area contributed by atoms with E-state index in [-0.39, 0.29) is 54.3 Å². The number of ether oxygens (including phenoxy) is 6. The van der Waals surface area contributed by atoms with Gasteiger partial charge in [0, 0.05) is 37.1 Å². The molecule has 3 aliphatic carbocycles. The first-order valence-corrected chi connectivity index (χ1v) is 29.0. The van der Waals surface area contributed by atoms with Crippen molar-refractivity contribution in [3.8, 4) is 5.75 Å². The Morgan fingerprint density at radius 3 is 1.95 bits per heavy atom. The van der Waals surface area contributed by atoms with Crippen molar-refractivity contribution in [1.82, 2.24) is 10.2 Å². The number of rotatable bonds is 32. The second-order valence-corrected chi connectivity index (χ2v) is 21.7. The highest BCUT2D eigenvalue weighted by atomic mass is 16.6. The molecule has 3 N–H and O–H groups in total. The van der Waals surface area contributed by atoms with Crippen LogP contribution >= 0.6 is 0 Å². The van der Waals surface area contributed by atoms with Crippen LogP contribution in [0.15, 0.2) is 89.1 Å². The topological polar surface area (TPSA) is 265 Å². The van der Waals surface area contributed by atoms with Gasteiger partial charge in [-0.3, -0.25) is 19.2 Å². The predicted octanol–water partition coefficient (Wildman–Crippen LogP) is 7.49. The van der Waals surface area contributed by atoms with E-state index in [0.29, 0.717) is 68.2 Å². The van der Waals surface area contributed by atoms with Crippen molar-refractivity contribution in [3.63, 3.8) is 0 Å². The van der Waals surface area contributed by atoms with Crippen molar-refractivity contribution in [2.75, 3.05) is 26.2 Å². The molecule has 2 aromatic carbocycles. The first-order chi connectivity index (χ1) is 39.5. The second kappa shape index (κ2) is 32.7. The van der Waals surface area contributed by atoms with Crippen molar-refractivity contribution in [1.29, 1.82) is 0 Å². The number of benzene rings is 2. The third-order valence-corrected chi connectivity index (χ3v) is 15.4. The molecule has 83 heavy (non-hydrogen) atoms. The van der Waals surface area contributed by atoms with Crippen molar-refractivity contribution in [2.45, 2.75) is 189 Å². The summed E-state index contributed by atoms with van der Waals surface area (Å²) >= 11 is 0. The highest BCUT2D eigenvalue weighted by Crippen LogP contribution is 2.40. The molecular formula is C64H84N2O17. The minimum atomic E-state index is -1.58. The van der Waals surface area contributed by atoms with Gasteiger partial charge in [-0.15, -0.1) is 0 Å². The number of fused-ring (bicyclic) bond motifs is 1. The normalized spacial score (nSPS) is 20.0. The number of amides is 1. The average molecular weight is 1150 g/mol. The third-order valence-electron chi connectivity index (χ3n) is 15.4. The van der Waals surface area contributed by atoms with E-state index in [1.807, 2.05) is 56.3 Å². The fraction of sp³-hybridized carbons (Fsp3) is 0.547. The smallest absolute Gasteiger partial charge is 0.352 e. The number of allylic oxidation sites excluding steroid dienone is 6. The number of aliphatic hydroxyl groups is 2. The summed E-state index contributed by atoms with van der Waals surface area (Å²) in [5.74, 6) is -6.47. The fourth-order valence-electron chi connectivity index (χ4n) is 10.5. The zero-order valence-corrected chi connectivity index (χ0v) is 49.5. The van der Waals surface area contributed by atoms with E-state index in [4.69, 9.17) is 28.4 Å². The lowest BCUT2D eigenvalue weighted by molar-refractivity contribution is -0.184. The first kappa shape index (κ1) is 66.7. The Bertz CT molecular complexity index is 2770. The van der Waals surface area contributed by atoms with Crippen LogP contribution in [-0.2, 0) is 79.7 Å². The number of hydrogen-bond donors (Lipinski definition) is 3. The Morgan fingerprint density at radius 2 is 1.33 bits per heavy atom. The van der Waals surface area contributed by atoms with Gasteiger partial charge in [-0.05, 0) is 177 Å². The molecule has 1 fully saturated rings. The van der Waals surface area contributed by atoms with E-state index >= 15 is 0 Å². The van der Waals surface area contributed by atoms with Gasteiger partial charge in [0.2, 0.25) is 0 Å². The standard InChI is InChI=1S/C64H84N2O17/c1-10-66(11-2)32-31-65-60(73)59-38(3)33-47(40(59)5)34-53-52-36-49(26-24-46(52)35-54(53)68)83-64(77)44(9)81-63(76)43(8)80-62(75)42(7)79-61(74)41(6)78-57(71)29-30-58(72)82-48(25-23-45-20-16-14-17-21-45)27-28-51-50(55(69)37-56(51)70)22-18-13-12-15-19-39(4)67/h13-14,16-18,20-21,24,26,34,36,41-44,48,50-51,55-56,69-70H,10-12,15,19,22-23,25,27-33,35,37H2,1-9H3,(H,65,73)/b18-13-,53-34-/t41-,42-,43-,44-,48-,50+,51+,55-,56+/m0/s1. The summed E-state index contributed by atoms with van der Waals surface area (Å²) in [6.07, 6.45) is 2.14. The number of esters is 6. The minimum absolute atomic E-state index is 0.0816. The Balaban J connectivity index is 1.05. The summed E-state index contributed by atoms with van der Waals surface area (Å²) in [6, 6.07) is 14.4. The summed E-state index contributed by atoms with van der Waals surface area (Å²) in [5.41, 5.74) is 5.83. The number of hydrogen-bond acceptors (Lipinski definition) is 18. The lowest BCUT2D eigenvalue weighted by Gasteiger charge is -2.25. The van der Waals surface area contributed by atoms with Gasteiger partial charge in [0.05, 0.1) is 25.0 Å². The number of aryl methyl sites for hydroxylation is 1. The Labute approximate surface area is 487 Å². The summed E-state index contributed by atoms with van der Waals surface area (Å²) < 4.78 is 32.2. The number of aliphatic hydroxyl groups excluding tert-OH is 2. The third kappa shape index (κ3) is 20.3. The van der Waals surface area contributed by atoms with Crippen LogP contribution in [0.2, 0.25) is 0 Å². The van der Waals surface area contributed by atoms with Crippen LogP contribution in [0.1, 0.15) is 150 Å². The monoisotopic (exact) mass is 1150 g/mol. The zero-order valence-electron chi connectivity index (χ0n) is 49.5. The van der Waals surface area contributed by atoms with Crippen LogP contribution in [0.3, 0.4) is 0 Å². The van der Waals surface area contributed by atoms with Gasteiger partial charge in [0.15, 0.2) is 30.2 Å². The average Bonchev–Trinajstić information content (AvgIpc) is 4.23. The molecule has 19 nitrogen and oxygen atoms in total. The van der Waals surface area contributed by atoms with Crippen molar-refractivity contribution < 1.29 is 81.8 Å². The van der Waals surface area contributed by atoms with Crippen molar-refractivity contribution >= 4 is 58.9 Å². The van der Waals surface area contributed by atoms with E-state index < -0.39 is 85.0 Å². The van der Waals surface area contributed by atoms with Crippen LogP contribution in [0, 0.1) is 11.8 Å². The van der Waals surface area contributed by atoms with Gasteiger partial charge < -0.3 is 53.6 Å². The maximum atomic E-state index is 13.3. The van der Waals surface area contributed by atoms with E-state index in [1.54, 1.807) is 25.1 Å². The predicted molar refractivity (Wildman–Crippen MR) is 307 cm³/mol. The SMILES string of the molecule is CCN(CC)CCNC(=O)C1=C(C)CC(/C=C2\C(=O)Cc3ccc(OC(=O)[C@H](C)OC(=O)[C@H](C)OC(=O)[C@H](C)OC(=O)[C@H](C)OC(=O)CCC(=O)O[C@@H](CCc4ccccc4)CC[C@@H]4[C@@H](C/C=C\CCCC(C)=O)[C@@H](O)C[C@H]4O)cc32)=C1C. The summed E-state index contributed by atoms with van der Waals surface area (Å²) in [4.78, 5) is 118. The molecule has 0 radical (unpaired) electrons. The molecule has 0 aromatic heterocycles. The molecule has 0 saturated heterocycles. The molecule has 1 saturated carbocycles. The number of likely N-dealkylation sites (N-methyl/N-ethyl adjacent to an activating group) is 1. The quantitative estimate of drug-likeness (QED) is 0.0160. The molecule has 5 rings (SSSR count). The molecule has 3 aliphatic rings. The Hall–Kier alpha value is -7.09. The number of ketones is 2. The van der Waals surface area contributed by atoms with Gasteiger partial charge in [0.1, 0.15) is 17.6 Å². The van der Waals surface area contributed by atoms with Gasteiger partial charge in [-0.1, -0.05) is 68.0 Å². The molecule has 9 atom stereocenters. The van der Waals surface area contributed by atoms with Crippen LogP contribution in [0.4, 0.5) is 0 Å². The van der Waals surface area contributed by atoms with Gasteiger partial charge in [-0.25, -0.2) is 19.2 Å². The lowest BCUT2D eigenvalue weighted by atomic mass is 9.85. The van der Waals surface area contributed by atoms with Crippen LogP contribution in [-0.4, -0.2) is 137 Å². The molecular weight excluding hydrogens is 1070 g/mol. The highest BCUT2D eigenvalue weighted by Gasteiger charge is 2.41. The summed E-state index contributed by atoms with van der Waals surface area (Å²) in [5, 5.41) is 24.7. The minimum Gasteiger partial charge on any atom is -0.462 e. The first-order valence-electron chi connectivity index (χ1n) is 29.0. The molecule has 0 aliphatic heterocycles. The van der Waals surface area contributed by atoms with E-state index in [1.165, 1.54) is 33.8 Å². The van der Waals surface area contributed by atoms with Gasteiger partial charge in [0.25, 0.3) is 5.91 Å². The van der Waals surface area contributed by atoms with Gasteiger partial charge >= 0.3 is 35.8 Å². The lowest BCUT2D eigenvalue weighted by Crippen LogP contribution is -2.38. The second-order valence-electron chi connectivity index (χ2n) is 21.7. The Morgan fingerprint density at radius 1 is 0.723 bits per heavy atom. The van der Waals surface area contributed by atoms with E-state index in [2.05, 4.69) is 24.1 Å². The summed E-state index contributed by atoms with van der Waals surface area (Å²) in [6.45, 7) is 17.3. The largest absolute Gasteiger partial charge is 0.462 e. The maximum absolute atomic E-state index is 13.3. The van der Waals surface area contributed by atoms with E-state index in [0.717, 1.165) is 60.3 Å². The van der Waals surface area contributed by atoms with Crippen molar-refractivity contribution in [3.05, 3.63) is 106 Å². The Kier molecular flexibility index (Phi) is 26.3. The zero-order chi connectivity index (χ0) is 60.9. The fourth-order valence-corrected chi connectivity index (χ4v) is 10.5. The van der Waals surface area contributed by atoms with Crippen molar-refractivity contribution in [2.24, 2.45) is 11.8 Å². The van der Waals surface area contributed by atoms with Crippen LogP contribution < -0.4 is 10.1 Å². The number of carbonyl (C=O) groups excluding carboxylic acids is 9. The molecule has 2 aromatic rings. The maximum Gasteiger partial charge on any atom is 0.352 e.